The van der Waals surface area contributed by atoms with Crippen LogP contribution in [-0.2, 0) is 0 Å². The number of anilines is 2. The molecule has 0 N–H and O–H groups in total. The Bertz CT molecular complexity index is 814. The number of piperazine rings is 1. The largest absolute Gasteiger partial charge is 0.368 e. The molecule has 23 heavy (non-hydrogen) atoms. The first-order valence-corrected chi connectivity index (χ1v) is 8.16. The van der Waals surface area contributed by atoms with E-state index >= 15 is 0 Å². The van der Waals surface area contributed by atoms with Gasteiger partial charge in [-0.2, -0.15) is 0 Å². The second kappa shape index (κ2) is 6.05. The fourth-order valence-electron chi connectivity index (χ4n) is 2.99. The molecule has 0 atom stereocenters. The van der Waals surface area contributed by atoms with Gasteiger partial charge in [0.2, 0.25) is 0 Å². The molecule has 2 aromatic carbocycles. The van der Waals surface area contributed by atoms with E-state index in [-0.39, 0.29) is 0 Å². The predicted molar refractivity (Wildman–Crippen MR) is 95.4 cm³/mol. The third kappa shape index (κ3) is 2.82. The van der Waals surface area contributed by atoms with E-state index in [2.05, 4.69) is 39.0 Å². The Hall–Kier alpha value is -2.33. The molecule has 0 spiro atoms. The predicted octanol–water partition coefficient (Wildman–Crippen LogP) is 3.61. The summed E-state index contributed by atoms with van der Waals surface area (Å²) in [5.74, 6) is 0.790. The molecule has 0 radical (unpaired) electrons. The zero-order chi connectivity index (χ0) is 15.6. The lowest BCUT2D eigenvalue weighted by Crippen LogP contribution is -2.47. The van der Waals surface area contributed by atoms with Crippen LogP contribution in [0.2, 0.25) is 5.15 Å². The first-order valence-electron chi connectivity index (χ1n) is 7.78. The molecule has 4 rings (SSSR count). The van der Waals surface area contributed by atoms with Crippen LogP contribution in [0.25, 0.3) is 11.0 Å². The van der Waals surface area contributed by atoms with Crippen LogP contribution in [0.5, 0.6) is 0 Å². The van der Waals surface area contributed by atoms with Crippen molar-refractivity contribution in [3.63, 3.8) is 0 Å². The molecule has 1 aliphatic rings. The summed E-state index contributed by atoms with van der Waals surface area (Å²) in [6, 6.07) is 18.3. The van der Waals surface area contributed by atoms with Crippen molar-refractivity contribution < 1.29 is 0 Å². The van der Waals surface area contributed by atoms with Crippen LogP contribution in [0, 0.1) is 0 Å². The lowest BCUT2D eigenvalue weighted by atomic mass is 10.2. The third-order valence-corrected chi connectivity index (χ3v) is 4.47. The zero-order valence-electron chi connectivity index (χ0n) is 12.7. The number of rotatable bonds is 2. The van der Waals surface area contributed by atoms with E-state index in [1.165, 1.54) is 5.69 Å². The Morgan fingerprint density at radius 1 is 0.696 bits per heavy atom. The fraction of sp³-hybridized carbons (Fsp3) is 0.222. The highest BCUT2D eigenvalue weighted by Gasteiger charge is 2.21. The SMILES string of the molecule is Clc1nc2ccccc2nc1N1CCN(c2ccccc2)CC1. The molecule has 0 saturated carbocycles. The quantitative estimate of drug-likeness (QED) is 0.721. The monoisotopic (exact) mass is 324 g/mol. The lowest BCUT2D eigenvalue weighted by Gasteiger charge is -2.36. The molecule has 0 bridgehead atoms. The van der Waals surface area contributed by atoms with Crippen LogP contribution in [-0.4, -0.2) is 36.1 Å². The van der Waals surface area contributed by atoms with Crippen molar-refractivity contribution in [2.45, 2.75) is 0 Å². The first-order chi connectivity index (χ1) is 11.3. The molecule has 4 nitrogen and oxygen atoms in total. The molecule has 0 aliphatic carbocycles. The molecule has 0 amide bonds. The van der Waals surface area contributed by atoms with E-state index in [1.807, 2.05) is 30.3 Å². The third-order valence-electron chi connectivity index (χ3n) is 4.21. The van der Waals surface area contributed by atoms with Crippen molar-refractivity contribution in [3.05, 3.63) is 59.8 Å². The second-order valence-corrected chi connectivity index (χ2v) is 5.99. The average molecular weight is 325 g/mol. The number of aromatic nitrogens is 2. The van der Waals surface area contributed by atoms with Gasteiger partial charge in [-0.3, -0.25) is 0 Å². The summed E-state index contributed by atoms with van der Waals surface area (Å²) >= 11 is 6.36. The summed E-state index contributed by atoms with van der Waals surface area (Å²) in [7, 11) is 0. The highest BCUT2D eigenvalue weighted by molar-refractivity contribution is 6.32. The number of benzene rings is 2. The van der Waals surface area contributed by atoms with E-state index in [0.717, 1.165) is 43.0 Å². The molecule has 1 aliphatic heterocycles. The molecule has 0 unspecified atom stereocenters. The van der Waals surface area contributed by atoms with Gasteiger partial charge in [-0.1, -0.05) is 41.9 Å². The van der Waals surface area contributed by atoms with Crippen molar-refractivity contribution in [3.8, 4) is 0 Å². The number of nitrogens with zero attached hydrogens (tertiary/aromatic N) is 4. The van der Waals surface area contributed by atoms with Crippen molar-refractivity contribution in [2.24, 2.45) is 0 Å². The summed E-state index contributed by atoms with van der Waals surface area (Å²) in [4.78, 5) is 13.8. The second-order valence-electron chi connectivity index (χ2n) is 5.64. The molecule has 1 saturated heterocycles. The maximum atomic E-state index is 6.36. The van der Waals surface area contributed by atoms with Crippen molar-refractivity contribution in [1.29, 1.82) is 0 Å². The number of hydrogen-bond donors (Lipinski definition) is 0. The average Bonchev–Trinajstić information content (AvgIpc) is 2.62. The van der Waals surface area contributed by atoms with Gasteiger partial charge in [-0.05, 0) is 24.3 Å². The zero-order valence-corrected chi connectivity index (χ0v) is 13.4. The molecule has 2 heterocycles. The minimum absolute atomic E-state index is 0.483. The van der Waals surface area contributed by atoms with Gasteiger partial charge in [-0.25, -0.2) is 9.97 Å². The van der Waals surface area contributed by atoms with Gasteiger partial charge in [0.15, 0.2) is 11.0 Å². The highest BCUT2D eigenvalue weighted by Crippen LogP contribution is 2.26. The summed E-state index contributed by atoms with van der Waals surface area (Å²) in [6.45, 7) is 3.69. The maximum absolute atomic E-state index is 6.36. The van der Waals surface area contributed by atoms with Crippen molar-refractivity contribution in [1.82, 2.24) is 9.97 Å². The standard InChI is InChI=1S/C18H17ClN4/c19-17-18(21-16-9-5-4-8-15(16)20-17)23-12-10-22(11-13-23)14-6-2-1-3-7-14/h1-9H,10-13H2. The summed E-state index contributed by atoms with van der Waals surface area (Å²) in [6.07, 6.45) is 0. The van der Waals surface area contributed by atoms with Gasteiger partial charge < -0.3 is 9.80 Å². The summed E-state index contributed by atoms with van der Waals surface area (Å²) in [5, 5.41) is 0.483. The van der Waals surface area contributed by atoms with Gasteiger partial charge in [0.1, 0.15) is 0 Å². The summed E-state index contributed by atoms with van der Waals surface area (Å²) in [5.41, 5.74) is 2.99. The number of halogens is 1. The number of fused-ring (bicyclic) bond motifs is 1. The smallest absolute Gasteiger partial charge is 0.172 e. The minimum atomic E-state index is 0.483. The Balaban J connectivity index is 1.55. The summed E-state index contributed by atoms with van der Waals surface area (Å²) < 4.78 is 0. The van der Waals surface area contributed by atoms with Crippen LogP contribution in [0.4, 0.5) is 11.5 Å². The van der Waals surface area contributed by atoms with Gasteiger partial charge in [0.05, 0.1) is 11.0 Å². The van der Waals surface area contributed by atoms with Gasteiger partial charge >= 0.3 is 0 Å². The van der Waals surface area contributed by atoms with Gasteiger partial charge in [-0.15, -0.1) is 0 Å². The minimum Gasteiger partial charge on any atom is -0.368 e. The number of hydrogen-bond acceptors (Lipinski definition) is 4. The Labute approximate surface area is 140 Å². The molecule has 1 fully saturated rings. The van der Waals surface area contributed by atoms with E-state index in [1.54, 1.807) is 0 Å². The topological polar surface area (TPSA) is 32.3 Å². The van der Waals surface area contributed by atoms with Crippen LogP contribution < -0.4 is 9.80 Å². The lowest BCUT2D eigenvalue weighted by molar-refractivity contribution is 0.647. The normalized spacial score (nSPS) is 15.2. The highest BCUT2D eigenvalue weighted by atomic mass is 35.5. The van der Waals surface area contributed by atoms with Crippen molar-refractivity contribution >= 4 is 34.1 Å². The maximum Gasteiger partial charge on any atom is 0.172 e. The number of para-hydroxylation sites is 3. The van der Waals surface area contributed by atoms with Crippen LogP contribution in [0.3, 0.4) is 0 Å². The fourth-order valence-corrected chi connectivity index (χ4v) is 3.24. The van der Waals surface area contributed by atoms with E-state index in [0.29, 0.717) is 5.15 Å². The van der Waals surface area contributed by atoms with E-state index in [9.17, 15) is 0 Å². The van der Waals surface area contributed by atoms with Crippen LogP contribution >= 0.6 is 11.6 Å². The Kier molecular flexibility index (Phi) is 3.75. The molecule has 1 aromatic heterocycles. The van der Waals surface area contributed by atoms with Gasteiger partial charge in [0.25, 0.3) is 0 Å². The molecule has 3 aromatic rings. The van der Waals surface area contributed by atoms with Crippen molar-refractivity contribution in [2.75, 3.05) is 36.0 Å². The van der Waals surface area contributed by atoms with E-state index < -0.39 is 0 Å². The Morgan fingerprint density at radius 2 is 1.26 bits per heavy atom. The first kappa shape index (κ1) is 14.3. The van der Waals surface area contributed by atoms with E-state index in [4.69, 9.17) is 16.6 Å². The Morgan fingerprint density at radius 3 is 1.96 bits per heavy atom. The molecular weight excluding hydrogens is 308 g/mol. The molecule has 116 valence electrons. The van der Waals surface area contributed by atoms with Gasteiger partial charge in [0, 0.05) is 31.9 Å². The molecule has 5 heteroatoms. The van der Waals surface area contributed by atoms with Crippen LogP contribution in [0.15, 0.2) is 54.6 Å². The molecular formula is C18H17ClN4. The van der Waals surface area contributed by atoms with Crippen LogP contribution in [0.1, 0.15) is 0 Å².